The van der Waals surface area contributed by atoms with Crippen LogP contribution in [0, 0.1) is 0 Å². The fraction of sp³-hybridized carbons (Fsp3) is 0.250. The van der Waals surface area contributed by atoms with Crippen molar-refractivity contribution in [3.05, 3.63) is 71.3 Å². The summed E-state index contributed by atoms with van der Waals surface area (Å²) in [7, 11) is 1.58. The van der Waals surface area contributed by atoms with E-state index in [0.717, 1.165) is 23.1 Å². The van der Waals surface area contributed by atoms with Crippen molar-refractivity contribution in [2.45, 2.75) is 13.3 Å². The fourth-order valence-corrected chi connectivity index (χ4v) is 3.26. The monoisotopic (exact) mass is 407 g/mol. The number of nitrogens with one attached hydrogen (secondary N) is 1. The Morgan fingerprint density at radius 2 is 1.83 bits per heavy atom. The summed E-state index contributed by atoms with van der Waals surface area (Å²) in [5.74, 6) is -0.0602. The Hall–Kier alpha value is -3.22. The quantitative estimate of drug-likeness (QED) is 0.305. The number of hydrogen-bond acceptors (Lipinski definition) is 5. The standard InChI is InChI=1S/C24H25NO5/c1-3-17-8-5-7-11-21(17)25-24(27)23-19-10-6-4-9-18(19)14-22(20(23)15-26)30-16-29-13-12-28-2/h4-11,14-15H,3,12-13,16H2,1-2H3,(H,25,27). The van der Waals surface area contributed by atoms with E-state index in [1.54, 1.807) is 13.2 Å². The molecule has 0 saturated carbocycles. The number of benzene rings is 3. The van der Waals surface area contributed by atoms with E-state index in [2.05, 4.69) is 5.32 Å². The Morgan fingerprint density at radius 1 is 1.07 bits per heavy atom. The summed E-state index contributed by atoms with van der Waals surface area (Å²) in [5.41, 5.74) is 2.21. The van der Waals surface area contributed by atoms with Crippen LogP contribution in [0.2, 0.25) is 0 Å². The lowest BCUT2D eigenvalue weighted by molar-refractivity contribution is -0.00863. The van der Waals surface area contributed by atoms with Gasteiger partial charge < -0.3 is 19.5 Å². The van der Waals surface area contributed by atoms with Crippen LogP contribution in [0.5, 0.6) is 5.75 Å². The molecule has 3 aromatic rings. The first-order valence-electron chi connectivity index (χ1n) is 9.79. The molecule has 0 aliphatic rings. The first kappa shape index (κ1) is 21.5. The highest BCUT2D eigenvalue weighted by Crippen LogP contribution is 2.31. The van der Waals surface area contributed by atoms with Crippen molar-refractivity contribution in [1.82, 2.24) is 0 Å². The van der Waals surface area contributed by atoms with Crippen molar-refractivity contribution in [2.75, 3.05) is 32.4 Å². The van der Waals surface area contributed by atoms with Gasteiger partial charge in [0.05, 0.1) is 24.3 Å². The molecule has 0 atom stereocenters. The van der Waals surface area contributed by atoms with Gasteiger partial charge in [-0.05, 0) is 34.9 Å². The third-order valence-corrected chi connectivity index (χ3v) is 4.77. The lowest BCUT2D eigenvalue weighted by atomic mass is 9.97. The SMILES string of the molecule is CCc1ccccc1NC(=O)c1c(C=O)c(OCOCCOC)cc2ccccc12. The van der Waals surface area contributed by atoms with Crippen LogP contribution < -0.4 is 10.1 Å². The Kier molecular flexibility index (Phi) is 7.54. The van der Waals surface area contributed by atoms with Crippen molar-refractivity contribution in [2.24, 2.45) is 0 Å². The van der Waals surface area contributed by atoms with Crippen molar-refractivity contribution in [3.8, 4) is 5.75 Å². The predicted molar refractivity (Wildman–Crippen MR) is 116 cm³/mol. The van der Waals surface area contributed by atoms with Crippen LogP contribution in [0.1, 0.15) is 33.2 Å². The molecular formula is C24H25NO5. The van der Waals surface area contributed by atoms with Crippen LogP contribution in [-0.4, -0.2) is 39.3 Å². The topological polar surface area (TPSA) is 73.9 Å². The lowest BCUT2D eigenvalue weighted by Gasteiger charge is -2.16. The zero-order valence-corrected chi connectivity index (χ0v) is 17.1. The Balaban J connectivity index is 1.98. The number of carbonyl (C=O) groups is 2. The van der Waals surface area contributed by atoms with E-state index < -0.39 is 0 Å². The van der Waals surface area contributed by atoms with Gasteiger partial charge in [0.15, 0.2) is 13.1 Å². The molecule has 1 amide bonds. The largest absolute Gasteiger partial charge is 0.467 e. The van der Waals surface area contributed by atoms with Crippen LogP contribution in [0.15, 0.2) is 54.6 Å². The minimum atomic E-state index is -0.361. The third-order valence-electron chi connectivity index (χ3n) is 4.77. The van der Waals surface area contributed by atoms with Gasteiger partial charge in [-0.3, -0.25) is 9.59 Å². The first-order chi connectivity index (χ1) is 14.7. The molecule has 6 heteroatoms. The minimum Gasteiger partial charge on any atom is -0.467 e. The lowest BCUT2D eigenvalue weighted by Crippen LogP contribution is -2.17. The van der Waals surface area contributed by atoms with Gasteiger partial charge in [0.1, 0.15) is 5.75 Å². The van der Waals surface area contributed by atoms with Crippen LogP contribution in [0.25, 0.3) is 10.8 Å². The van der Waals surface area contributed by atoms with E-state index in [-0.39, 0.29) is 23.8 Å². The van der Waals surface area contributed by atoms with E-state index in [1.807, 2.05) is 55.5 Å². The molecule has 0 saturated heterocycles. The highest BCUT2D eigenvalue weighted by Gasteiger charge is 2.21. The number of aldehydes is 1. The van der Waals surface area contributed by atoms with Crippen LogP contribution >= 0.6 is 0 Å². The van der Waals surface area contributed by atoms with Crippen molar-refractivity contribution < 1.29 is 23.8 Å². The Bertz CT molecular complexity index is 1030. The minimum absolute atomic E-state index is 0.0533. The molecule has 1 N–H and O–H groups in total. The molecular weight excluding hydrogens is 382 g/mol. The zero-order valence-electron chi connectivity index (χ0n) is 17.1. The van der Waals surface area contributed by atoms with Crippen molar-refractivity contribution in [1.29, 1.82) is 0 Å². The summed E-state index contributed by atoms with van der Waals surface area (Å²) in [6.45, 7) is 2.77. The highest BCUT2D eigenvalue weighted by atomic mass is 16.7. The maximum absolute atomic E-state index is 13.3. The highest BCUT2D eigenvalue weighted by molar-refractivity contribution is 6.18. The summed E-state index contributed by atoms with van der Waals surface area (Å²) in [6, 6.07) is 16.8. The zero-order chi connectivity index (χ0) is 21.3. The molecule has 0 unspecified atom stereocenters. The maximum Gasteiger partial charge on any atom is 0.257 e. The molecule has 0 radical (unpaired) electrons. The summed E-state index contributed by atoms with van der Waals surface area (Å²) >= 11 is 0. The number of fused-ring (bicyclic) bond motifs is 1. The van der Waals surface area contributed by atoms with E-state index >= 15 is 0 Å². The van der Waals surface area contributed by atoms with E-state index in [0.29, 0.717) is 30.6 Å². The maximum atomic E-state index is 13.3. The number of ether oxygens (including phenoxy) is 3. The molecule has 0 aromatic heterocycles. The second-order valence-corrected chi connectivity index (χ2v) is 6.63. The number of hydrogen-bond donors (Lipinski definition) is 1. The number of methoxy groups -OCH3 is 1. The van der Waals surface area contributed by atoms with E-state index in [1.165, 1.54) is 0 Å². The summed E-state index contributed by atoms with van der Waals surface area (Å²) in [6.07, 6.45) is 1.43. The summed E-state index contributed by atoms with van der Waals surface area (Å²) in [4.78, 5) is 25.3. The molecule has 30 heavy (non-hydrogen) atoms. The Labute approximate surface area is 175 Å². The molecule has 3 aromatic carbocycles. The van der Waals surface area contributed by atoms with E-state index in [9.17, 15) is 9.59 Å². The first-order valence-corrected chi connectivity index (χ1v) is 9.79. The van der Waals surface area contributed by atoms with Gasteiger partial charge in [-0.2, -0.15) is 0 Å². The molecule has 0 aliphatic carbocycles. The molecule has 0 spiro atoms. The average Bonchev–Trinajstić information content (AvgIpc) is 2.78. The third kappa shape index (κ3) is 4.84. The second-order valence-electron chi connectivity index (χ2n) is 6.63. The van der Waals surface area contributed by atoms with Crippen LogP contribution in [0.4, 0.5) is 5.69 Å². The van der Waals surface area contributed by atoms with Gasteiger partial charge in [-0.25, -0.2) is 0 Å². The van der Waals surface area contributed by atoms with Gasteiger partial charge in [-0.15, -0.1) is 0 Å². The number of rotatable bonds is 10. The number of amides is 1. The molecule has 0 bridgehead atoms. The van der Waals surface area contributed by atoms with Gasteiger partial charge in [0.2, 0.25) is 0 Å². The number of para-hydroxylation sites is 1. The Morgan fingerprint density at radius 3 is 2.60 bits per heavy atom. The van der Waals surface area contributed by atoms with Crippen LogP contribution in [0.3, 0.4) is 0 Å². The van der Waals surface area contributed by atoms with Crippen molar-refractivity contribution >= 4 is 28.7 Å². The van der Waals surface area contributed by atoms with Gasteiger partial charge >= 0.3 is 0 Å². The van der Waals surface area contributed by atoms with Crippen LogP contribution in [-0.2, 0) is 15.9 Å². The summed E-state index contributed by atoms with van der Waals surface area (Å²) in [5, 5.41) is 4.43. The summed E-state index contributed by atoms with van der Waals surface area (Å²) < 4.78 is 16.0. The molecule has 156 valence electrons. The van der Waals surface area contributed by atoms with Gasteiger partial charge in [0.25, 0.3) is 5.91 Å². The molecule has 0 aliphatic heterocycles. The molecule has 6 nitrogen and oxygen atoms in total. The fourth-order valence-electron chi connectivity index (χ4n) is 3.26. The van der Waals surface area contributed by atoms with Gasteiger partial charge in [0, 0.05) is 12.8 Å². The number of anilines is 1. The molecule has 3 rings (SSSR count). The normalized spacial score (nSPS) is 10.7. The van der Waals surface area contributed by atoms with Crippen molar-refractivity contribution in [3.63, 3.8) is 0 Å². The number of carbonyl (C=O) groups excluding carboxylic acids is 2. The number of aryl methyl sites for hydroxylation is 1. The predicted octanol–water partition coefficient (Wildman–Crippen LogP) is 4.47. The molecule has 0 heterocycles. The second kappa shape index (κ2) is 10.5. The van der Waals surface area contributed by atoms with Gasteiger partial charge in [-0.1, -0.05) is 49.4 Å². The smallest absolute Gasteiger partial charge is 0.257 e. The van der Waals surface area contributed by atoms with E-state index in [4.69, 9.17) is 14.2 Å². The average molecular weight is 407 g/mol. The molecule has 0 fully saturated rings.